The summed E-state index contributed by atoms with van der Waals surface area (Å²) < 4.78 is 21.5. The van der Waals surface area contributed by atoms with Gasteiger partial charge < -0.3 is 18.6 Å². The molecule has 0 aliphatic carbocycles. The van der Waals surface area contributed by atoms with Crippen molar-refractivity contribution in [2.45, 2.75) is 13.2 Å². The van der Waals surface area contributed by atoms with Crippen molar-refractivity contribution in [2.24, 2.45) is 0 Å². The molecule has 0 radical (unpaired) electrons. The minimum Gasteiger partial charge on any atom is -0.497 e. The second kappa shape index (κ2) is 8.01. The molecule has 6 nitrogen and oxygen atoms in total. The molecule has 0 aliphatic rings. The number of nitrogens with zero attached hydrogens (tertiary/aromatic N) is 1. The van der Waals surface area contributed by atoms with Crippen LogP contribution in [-0.2, 0) is 13.2 Å². The highest BCUT2D eigenvalue weighted by Gasteiger charge is 2.06. The van der Waals surface area contributed by atoms with Crippen molar-refractivity contribution >= 4 is 0 Å². The first-order chi connectivity index (χ1) is 12.2. The Kier molecular flexibility index (Phi) is 5.31. The summed E-state index contributed by atoms with van der Waals surface area (Å²) >= 11 is 0. The fraction of sp³-hybridized carbons (Fsp3) is 0.158. The monoisotopic (exact) mass is 339 g/mol. The van der Waals surface area contributed by atoms with Crippen LogP contribution in [0.25, 0.3) is 0 Å². The molecule has 3 aromatic rings. The second-order valence-corrected chi connectivity index (χ2v) is 5.19. The largest absolute Gasteiger partial charge is 0.497 e. The van der Waals surface area contributed by atoms with Crippen LogP contribution in [0.4, 0.5) is 0 Å². The van der Waals surface area contributed by atoms with Gasteiger partial charge in [-0.2, -0.15) is 0 Å². The summed E-state index contributed by atoms with van der Waals surface area (Å²) in [4.78, 5) is 16.0. The molecule has 3 rings (SSSR count). The maximum atomic E-state index is 12.1. The third-order valence-electron chi connectivity index (χ3n) is 3.42. The average Bonchev–Trinajstić information content (AvgIpc) is 2.67. The third-order valence-corrected chi connectivity index (χ3v) is 3.42. The van der Waals surface area contributed by atoms with Gasteiger partial charge in [0.25, 0.3) is 0 Å². The standard InChI is InChI=1S/C19H17NO5/c1-22-15-6-4-14(5-7-15)11-25-19-13-24-17(9-18(19)21)12-23-16-3-2-8-20-10-16/h2-10,13H,11-12H2,1H3. The molecule has 0 spiro atoms. The molecule has 128 valence electrons. The molecule has 0 saturated carbocycles. The first-order valence-corrected chi connectivity index (χ1v) is 7.65. The van der Waals surface area contributed by atoms with Crippen LogP contribution in [0.15, 0.2) is 70.3 Å². The van der Waals surface area contributed by atoms with E-state index in [2.05, 4.69) is 4.98 Å². The molecule has 0 fully saturated rings. The summed E-state index contributed by atoms with van der Waals surface area (Å²) in [5, 5.41) is 0. The van der Waals surface area contributed by atoms with E-state index in [1.54, 1.807) is 31.6 Å². The van der Waals surface area contributed by atoms with Crippen LogP contribution < -0.4 is 19.6 Å². The maximum absolute atomic E-state index is 12.1. The lowest BCUT2D eigenvalue weighted by Gasteiger charge is -2.08. The van der Waals surface area contributed by atoms with Crippen molar-refractivity contribution in [2.75, 3.05) is 7.11 Å². The third kappa shape index (κ3) is 4.60. The van der Waals surface area contributed by atoms with Gasteiger partial charge in [-0.05, 0) is 29.8 Å². The highest BCUT2D eigenvalue weighted by molar-refractivity contribution is 5.27. The van der Waals surface area contributed by atoms with Gasteiger partial charge in [0, 0.05) is 12.3 Å². The van der Waals surface area contributed by atoms with Gasteiger partial charge in [-0.15, -0.1) is 0 Å². The lowest BCUT2D eigenvalue weighted by atomic mass is 10.2. The number of methoxy groups -OCH3 is 1. The van der Waals surface area contributed by atoms with Gasteiger partial charge in [-0.25, -0.2) is 0 Å². The van der Waals surface area contributed by atoms with Crippen molar-refractivity contribution in [1.82, 2.24) is 4.98 Å². The number of aromatic nitrogens is 1. The predicted octanol–water partition coefficient (Wildman–Crippen LogP) is 3.20. The van der Waals surface area contributed by atoms with E-state index in [0.29, 0.717) is 11.5 Å². The zero-order valence-corrected chi connectivity index (χ0v) is 13.7. The van der Waals surface area contributed by atoms with Gasteiger partial charge in [-0.3, -0.25) is 9.78 Å². The Morgan fingerprint density at radius 1 is 1.04 bits per heavy atom. The molecule has 0 aliphatic heterocycles. The van der Waals surface area contributed by atoms with E-state index in [-0.39, 0.29) is 24.4 Å². The maximum Gasteiger partial charge on any atom is 0.227 e. The molecule has 25 heavy (non-hydrogen) atoms. The number of benzene rings is 1. The van der Waals surface area contributed by atoms with E-state index in [9.17, 15) is 4.79 Å². The summed E-state index contributed by atoms with van der Waals surface area (Å²) in [6, 6.07) is 12.3. The van der Waals surface area contributed by atoms with Crippen LogP contribution in [-0.4, -0.2) is 12.1 Å². The summed E-state index contributed by atoms with van der Waals surface area (Å²) in [6.07, 6.45) is 4.54. The van der Waals surface area contributed by atoms with Gasteiger partial charge in [0.15, 0.2) is 0 Å². The summed E-state index contributed by atoms with van der Waals surface area (Å²) in [5.74, 6) is 1.93. The topological polar surface area (TPSA) is 70.8 Å². The molecule has 0 atom stereocenters. The number of pyridine rings is 1. The average molecular weight is 339 g/mol. The Morgan fingerprint density at radius 2 is 1.88 bits per heavy atom. The van der Waals surface area contributed by atoms with Crippen molar-refractivity contribution in [1.29, 1.82) is 0 Å². The summed E-state index contributed by atoms with van der Waals surface area (Å²) in [7, 11) is 1.61. The van der Waals surface area contributed by atoms with E-state index >= 15 is 0 Å². The fourth-order valence-corrected chi connectivity index (χ4v) is 2.09. The van der Waals surface area contributed by atoms with Crippen LogP contribution >= 0.6 is 0 Å². The Morgan fingerprint density at radius 3 is 2.56 bits per heavy atom. The Labute approximate surface area is 144 Å². The van der Waals surface area contributed by atoms with E-state index in [1.165, 1.54) is 12.3 Å². The minimum atomic E-state index is -0.260. The van der Waals surface area contributed by atoms with Gasteiger partial charge in [0.05, 0.1) is 13.3 Å². The molecule has 2 heterocycles. The SMILES string of the molecule is COc1ccc(COc2coc(COc3cccnc3)cc2=O)cc1. The van der Waals surface area contributed by atoms with Gasteiger partial charge in [0.1, 0.15) is 36.7 Å². The summed E-state index contributed by atoms with van der Waals surface area (Å²) in [6.45, 7) is 0.403. The van der Waals surface area contributed by atoms with Crippen LogP contribution in [0.1, 0.15) is 11.3 Å². The molecular formula is C19H17NO5. The molecule has 6 heteroatoms. The Bertz CT molecular complexity index is 859. The van der Waals surface area contributed by atoms with Crippen molar-refractivity contribution < 1.29 is 18.6 Å². The van der Waals surface area contributed by atoms with Crippen molar-refractivity contribution in [3.8, 4) is 17.2 Å². The molecule has 0 saturated heterocycles. The molecule has 0 amide bonds. The van der Waals surface area contributed by atoms with Crippen LogP contribution in [0, 0.1) is 0 Å². The highest BCUT2D eigenvalue weighted by atomic mass is 16.5. The fourth-order valence-electron chi connectivity index (χ4n) is 2.09. The molecule has 0 N–H and O–H groups in total. The lowest BCUT2D eigenvalue weighted by molar-refractivity contribution is 0.253. The predicted molar refractivity (Wildman–Crippen MR) is 90.9 cm³/mol. The van der Waals surface area contributed by atoms with Crippen molar-refractivity contribution in [3.63, 3.8) is 0 Å². The van der Waals surface area contributed by atoms with E-state index in [4.69, 9.17) is 18.6 Å². The molecular weight excluding hydrogens is 322 g/mol. The molecule has 0 bridgehead atoms. The molecule has 2 aromatic heterocycles. The molecule has 0 unspecified atom stereocenters. The van der Waals surface area contributed by atoms with Crippen LogP contribution in [0.5, 0.6) is 17.2 Å². The van der Waals surface area contributed by atoms with E-state index in [0.717, 1.165) is 11.3 Å². The van der Waals surface area contributed by atoms with Crippen LogP contribution in [0.2, 0.25) is 0 Å². The zero-order valence-electron chi connectivity index (χ0n) is 13.7. The number of rotatable bonds is 7. The molecule has 1 aromatic carbocycles. The first kappa shape index (κ1) is 16.6. The number of ether oxygens (including phenoxy) is 3. The Balaban J connectivity index is 1.58. The smallest absolute Gasteiger partial charge is 0.227 e. The Hall–Kier alpha value is -3.28. The zero-order chi connectivity index (χ0) is 17.5. The summed E-state index contributed by atoms with van der Waals surface area (Å²) in [5.41, 5.74) is 0.661. The van der Waals surface area contributed by atoms with Crippen molar-refractivity contribution in [3.05, 3.63) is 82.7 Å². The van der Waals surface area contributed by atoms with Gasteiger partial charge in [0.2, 0.25) is 11.2 Å². The highest BCUT2D eigenvalue weighted by Crippen LogP contribution is 2.14. The van der Waals surface area contributed by atoms with Crippen LogP contribution in [0.3, 0.4) is 0 Å². The number of hydrogen-bond donors (Lipinski definition) is 0. The lowest BCUT2D eigenvalue weighted by Crippen LogP contribution is -2.09. The normalized spacial score (nSPS) is 10.3. The second-order valence-electron chi connectivity index (χ2n) is 5.19. The van der Waals surface area contributed by atoms with Gasteiger partial charge >= 0.3 is 0 Å². The minimum absolute atomic E-state index is 0.139. The quantitative estimate of drug-likeness (QED) is 0.658. The van der Waals surface area contributed by atoms with Gasteiger partial charge in [-0.1, -0.05) is 12.1 Å². The first-order valence-electron chi connectivity index (χ1n) is 7.65. The van der Waals surface area contributed by atoms with E-state index < -0.39 is 0 Å². The number of hydrogen-bond acceptors (Lipinski definition) is 6. The van der Waals surface area contributed by atoms with E-state index in [1.807, 2.05) is 24.3 Å².